The van der Waals surface area contributed by atoms with Crippen molar-refractivity contribution in [2.45, 2.75) is 40.0 Å². The molecule has 1 aromatic heterocycles. The Bertz CT molecular complexity index is 867. The van der Waals surface area contributed by atoms with Gasteiger partial charge in [-0.2, -0.15) is 0 Å². The third kappa shape index (κ3) is 5.07. The van der Waals surface area contributed by atoms with Gasteiger partial charge in [-0.05, 0) is 77.4 Å². The van der Waals surface area contributed by atoms with Crippen LogP contribution in [0.4, 0.5) is 0 Å². The van der Waals surface area contributed by atoms with Gasteiger partial charge in [0.2, 0.25) is 5.91 Å². The third-order valence-corrected chi connectivity index (χ3v) is 5.75. The van der Waals surface area contributed by atoms with Gasteiger partial charge in [-0.15, -0.1) is 0 Å². The monoisotopic (exact) mass is 396 g/mol. The van der Waals surface area contributed by atoms with Crippen LogP contribution in [-0.2, 0) is 4.79 Å². The largest absolute Gasteiger partial charge is 0.369 e. The second-order valence-corrected chi connectivity index (χ2v) is 8.12. The Balaban J connectivity index is 1.60. The molecule has 0 spiro atoms. The standard InChI is InChI=1S/C23H32N4O2/c1-16-7-10-21(27-17(2)8-9-18(27)3)20(14-16)23(29)25-11-5-13-26-12-4-6-19(15-26)22(24)28/h7-10,14,19H,4-6,11-13,15H2,1-3H3,(H2,24,28)(H,25,29). The number of hydrogen-bond donors (Lipinski definition) is 2. The Morgan fingerprint density at radius 2 is 1.86 bits per heavy atom. The molecule has 0 bridgehead atoms. The molecule has 2 heterocycles. The summed E-state index contributed by atoms with van der Waals surface area (Å²) in [5.74, 6) is -0.295. The van der Waals surface area contributed by atoms with Crippen LogP contribution in [0.15, 0.2) is 30.3 Å². The van der Waals surface area contributed by atoms with Gasteiger partial charge < -0.3 is 20.5 Å². The molecular formula is C23H32N4O2. The lowest BCUT2D eigenvalue weighted by atomic mass is 9.97. The summed E-state index contributed by atoms with van der Waals surface area (Å²) in [5.41, 5.74) is 10.3. The molecule has 3 rings (SSSR count). The maximum Gasteiger partial charge on any atom is 0.253 e. The van der Waals surface area contributed by atoms with E-state index in [0.29, 0.717) is 12.1 Å². The molecule has 1 atom stereocenters. The Morgan fingerprint density at radius 1 is 1.14 bits per heavy atom. The number of nitrogens with zero attached hydrogens (tertiary/aromatic N) is 2. The third-order valence-electron chi connectivity index (χ3n) is 5.75. The normalized spacial score (nSPS) is 17.3. The number of nitrogens with one attached hydrogen (secondary N) is 1. The molecule has 0 aliphatic carbocycles. The van der Waals surface area contributed by atoms with Crippen molar-refractivity contribution in [2.24, 2.45) is 11.7 Å². The van der Waals surface area contributed by atoms with Gasteiger partial charge in [0.25, 0.3) is 5.91 Å². The highest BCUT2D eigenvalue weighted by Crippen LogP contribution is 2.22. The van der Waals surface area contributed by atoms with Crippen LogP contribution in [0, 0.1) is 26.7 Å². The van der Waals surface area contributed by atoms with Crippen molar-refractivity contribution in [3.63, 3.8) is 0 Å². The molecule has 2 amide bonds. The lowest BCUT2D eigenvalue weighted by Crippen LogP contribution is -2.42. The molecular weight excluding hydrogens is 364 g/mol. The predicted octanol–water partition coefficient (Wildman–Crippen LogP) is 2.72. The quantitative estimate of drug-likeness (QED) is 0.706. The Hall–Kier alpha value is -2.60. The maximum absolute atomic E-state index is 12.9. The van der Waals surface area contributed by atoms with Crippen molar-refractivity contribution < 1.29 is 9.59 Å². The zero-order chi connectivity index (χ0) is 21.0. The minimum atomic E-state index is -0.203. The number of rotatable bonds is 7. The number of benzene rings is 1. The fourth-order valence-electron chi connectivity index (χ4n) is 4.17. The van der Waals surface area contributed by atoms with Crippen LogP contribution in [0.1, 0.15) is 46.6 Å². The molecule has 1 fully saturated rings. The second-order valence-electron chi connectivity index (χ2n) is 8.12. The lowest BCUT2D eigenvalue weighted by molar-refractivity contribution is -0.123. The van der Waals surface area contributed by atoms with E-state index in [9.17, 15) is 9.59 Å². The van der Waals surface area contributed by atoms with Crippen molar-refractivity contribution in [1.29, 1.82) is 0 Å². The van der Waals surface area contributed by atoms with Gasteiger partial charge in [0, 0.05) is 24.5 Å². The van der Waals surface area contributed by atoms with Crippen molar-refractivity contribution in [3.8, 4) is 5.69 Å². The number of piperidine rings is 1. The number of carbonyl (C=O) groups excluding carboxylic acids is 2. The highest BCUT2D eigenvalue weighted by Gasteiger charge is 2.23. The zero-order valence-corrected chi connectivity index (χ0v) is 17.7. The van der Waals surface area contributed by atoms with Gasteiger partial charge in [-0.1, -0.05) is 11.6 Å². The number of carbonyl (C=O) groups is 2. The molecule has 0 saturated carbocycles. The van der Waals surface area contributed by atoms with Gasteiger partial charge in [0.1, 0.15) is 0 Å². The van der Waals surface area contributed by atoms with E-state index in [0.717, 1.165) is 61.5 Å². The van der Waals surface area contributed by atoms with Crippen molar-refractivity contribution in [2.75, 3.05) is 26.2 Å². The smallest absolute Gasteiger partial charge is 0.253 e. The molecule has 1 aliphatic rings. The molecule has 156 valence electrons. The number of nitrogens with two attached hydrogens (primary N) is 1. The van der Waals surface area contributed by atoms with E-state index in [2.05, 4.69) is 26.9 Å². The Kier molecular flexibility index (Phi) is 6.75. The van der Waals surface area contributed by atoms with Gasteiger partial charge in [0.15, 0.2) is 0 Å². The highest BCUT2D eigenvalue weighted by molar-refractivity contribution is 5.98. The summed E-state index contributed by atoms with van der Waals surface area (Å²) in [5, 5.41) is 3.07. The fraction of sp³-hybridized carbons (Fsp3) is 0.478. The number of amides is 2. The topological polar surface area (TPSA) is 80.4 Å². The van der Waals surface area contributed by atoms with Crippen LogP contribution < -0.4 is 11.1 Å². The number of hydrogen-bond acceptors (Lipinski definition) is 3. The van der Waals surface area contributed by atoms with Gasteiger partial charge in [-0.3, -0.25) is 9.59 Å². The fourth-order valence-corrected chi connectivity index (χ4v) is 4.17. The van der Waals surface area contributed by atoms with E-state index in [1.54, 1.807) is 0 Å². The maximum atomic E-state index is 12.9. The van der Waals surface area contributed by atoms with Crippen molar-refractivity contribution >= 4 is 11.8 Å². The summed E-state index contributed by atoms with van der Waals surface area (Å²) >= 11 is 0. The summed E-state index contributed by atoms with van der Waals surface area (Å²) in [6.45, 7) is 9.29. The molecule has 2 aromatic rings. The lowest BCUT2D eigenvalue weighted by Gasteiger charge is -2.31. The van der Waals surface area contributed by atoms with Gasteiger partial charge >= 0.3 is 0 Å². The first kappa shape index (κ1) is 21.1. The van der Waals surface area contributed by atoms with Crippen molar-refractivity contribution in [1.82, 2.24) is 14.8 Å². The molecule has 6 heteroatoms. The number of aryl methyl sites for hydroxylation is 3. The van der Waals surface area contributed by atoms with E-state index in [4.69, 9.17) is 5.73 Å². The summed E-state index contributed by atoms with van der Waals surface area (Å²) in [6.07, 6.45) is 2.74. The SMILES string of the molecule is Cc1ccc(-n2c(C)ccc2C)c(C(=O)NCCCN2CCCC(C(N)=O)C2)c1. The first-order chi connectivity index (χ1) is 13.9. The minimum absolute atomic E-state index is 0.0405. The predicted molar refractivity (Wildman–Crippen MR) is 115 cm³/mol. The van der Waals surface area contributed by atoms with Gasteiger partial charge in [0.05, 0.1) is 17.2 Å². The molecule has 29 heavy (non-hydrogen) atoms. The molecule has 1 aromatic carbocycles. The number of aromatic nitrogens is 1. The summed E-state index contributed by atoms with van der Waals surface area (Å²) in [6, 6.07) is 10.1. The first-order valence-electron chi connectivity index (χ1n) is 10.4. The Labute approximate surface area is 173 Å². The molecule has 0 radical (unpaired) electrons. The average molecular weight is 397 g/mol. The molecule has 1 unspecified atom stereocenters. The highest BCUT2D eigenvalue weighted by atomic mass is 16.2. The van der Waals surface area contributed by atoms with Crippen LogP contribution in [0.3, 0.4) is 0 Å². The van der Waals surface area contributed by atoms with E-state index in [1.165, 1.54) is 0 Å². The molecule has 6 nitrogen and oxygen atoms in total. The molecule has 3 N–H and O–H groups in total. The van der Waals surface area contributed by atoms with E-state index >= 15 is 0 Å². The Morgan fingerprint density at radius 3 is 2.55 bits per heavy atom. The molecule has 1 saturated heterocycles. The average Bonchev–Trinajstić information content (AvgIpc) is 3.03. The van der Waals surface area contributed by atoms with E-state index < -0.39 is 0 Å². The second kappa shape index (κ2) is 9.27. The van der Waals surface area contributed by atoms with Crippen LogP contribution in [0.25, 0.3) is 5.69 Å². The summed E-state index contributed by atoms with van der Waals surface area (Å²) in [7, 11) is 0. The van der Waals surface area contributed by atoms with Gasteiger partial charge in [-0.25, -0.2) is 0 Å². The van der Waals surface area contributed by atoms with Crippen LogP contribution >= 0.6 is 0 Å². The van der Waals surface area contributed by atoms with Crippen LogP contribution in [-0.4, -0.2) is 47.5 Å². The van der Waals surface area contributed by atoms with Crippen LogP contribution in [0.5, 0.6) is 0 Å². The summed E-state index contributed by atoms with van der Waals surface area (Å²) in [4.78, 5) is 26.6. The first-order valence-corrected chi connectivity index (χ1v) is 10.4. The summed E-state index contributed by atoms with van der Waals surface area (Å²) < 4.78 is 2.12. The number of likely N-dealkylation sites (tertiary alicyclic amines) is 1. The zero-order valence-electron chi connectivity index (χ0n) is 17.7. The minimum Gasteiger partial charge on any atom is -0.369 e. The van der Waals surface area contributed by atoms with Crippen LogP contribution in [0.2, 0.25) is 0 Å². The van der Waals surface area contributed by atoms with E-state index in [-0.39, 0.29) is 17.7 Å². The van der Waals surface area contributed by atoms with E-state index in [1.807, 2.05) is 39.0 Å². The molecule has 1 aliphatic heterocycles. The van der Waals surface area contributed by atoms with Crippen molar-refractivity contribution in [3.05, 3.63) is 52.8 Å². The number of primary amides is 1.